The largest absolute Gasteiger partial charge is 0.325 e. The number of hydrogen-bond donors (Lipinski definition) is 1. The van der Waals surface area contributed by atoms with Crippen molar-refractivity contribution in [2.75, 3.05) is 11.9 Å². The van der Waals surface area contributed by atoms with Gasteiger partial charge in [0.1, 0.15) is 5.41 Å². The first-order valence-electron chi connectivity index (χ1n) is 9.86. The number of rotatable bonds is 2. The van der Waals surface area contributed by atoms with Crippen molar-refractivity contribution in [1.29, 1.82) is 0 Å². The van der Waals surface area contributed by atoms with Crippen molar-refractivity contribution < 1.29 is 9.59 Å². The van der Waals surface area contributed by atoms with Crippen LogP contribution in [-0.2, 0) is 10.2 Å². The lowest BCUT2D eigenvalue weighted by Crippen LogP contribution is -2.39. The number of hydrogen-bond acceptors (Lipinski definition) is 2. The minimum atomic E-state index is -0.856. The minimum absolute atomic E-state index is 0.132. The van der Waals surface area contributed by atoms with Gasteiger partial charge in [-0.15, -0.1) is 0 Å². The van der Waals surface area contributed by atoms with Crippen LogP contribution in [0.5, 0.6) is 0 Å². The van der Waals surface area contributed by atoms with E-state index in [1.54, 1.807) is 17.0 Å². The minimum Gasteiger partial charge on any atom is -0.325 e. The van der Waals surface area contributed by atoms with Crippen molar-refractivity contribution in [2.24, 2.45) is 0 Å². The summed E-state index contributed by atoms with van der Waals surface area (Å²) in [6.07, 6.45) is -0.351. The Labute approximate surface area is 174 Å². The van der Waals surface area contributed by atoms with Gasteiger partial charge in [0.25, 0.3) is 5.91 Å². The van der Waals surface area contributed by atoms with Gasteiger partial charge in [-0.05, 0) is 34.9 Å². The number of fused-ring (bicyclic) bond motifs is 2. The van der Waals surface area contributed by atoms with Gasteiger partial charge < -0.3 is 5.32 Å². The average molecular weight is 393 g/mol. The Morgan fingerprint density at radius 1 is 0.967 bits per heavy atom. The lowest BCUT2D eigenvalue weighted by molar-refractivity contribution is -0.120. The first kappa shape index (κ1) is 18.1. The highest BCUT2D eigenvalue weighted by atomic mass is 16.2. The molecule has 1 N–H and O–H groups in total. The smallest absolute Gasteiger partial charge is 0.302 e. The Morgan fingerprint density at radius 3 is 2.37 bits per heavy atom. The quantitative estimate of drug-likeness (QED) is 0.659. The Morgan fingerprint density at radius 2 is 1.63 bits per heavy atom. The maximum Gasteiger partial charge on any atom is 0.302 e. The summed E-state index contributed by atoms with van der Waals surface area (Å²) >= 11 is 0. The molecule has 1 spiro atoms. The van der Waals surface area contributed by atoms with Gasteiger partial charge in [0, 0.05) is 17.8 Å². The third-order valence-corrected chi connectivity index (χ3v) is 6.11. The highest BCUT2D eigenvalue weighted by molar-refractivity contribution is 6.07. The molecule has 2 amide bonds. The maximum atomic E-state index is 13.3. The summed E-state index contributed by atoms with van der Waals surface area (Å²) in [7, 11) is 0. The predicted molar refractivity (Wildman–Crippen MR) is 115 cm³/mol. The van der Waals surface area contributed by atoms with Gasteiger partial charge in [0.2, 0.25) is 5.91 Å². The molecule has 0 aliphatic carbocycles. The summed E-state index contributed by atoms with van der Waals surface area (Å²) in [6, 6.07) is 24.9. The standard InChI is InChI=1S/C25H19N3O2/c1-26-22-15-25(20-9-5-6-10-21(20)27-24(25)30)16-28(22)23(29)19-13-11-18(12-14-19)17-7-3-2-4-8-17/h2-14,22H,15-16H2,(H,27,30)/t22-,25-/m0/s1. The fraction of sp³-hybridized carbons (Fsp3) is 0.160. The topological polar surface area (TPSA) is 53.8 Å². The molecular formula is C25H19N3O2. The van der Waals surface area contributed by atoms with Crippen LogP contribution in [0.15, 0.2) is 78.9 Å². The fourth-order valence-corrected chi connectivity index (χ4v) is 4.54. The zero-order valence-corrected chi connectivity index (χ0v) is 16.2. The van der Waals surface area contributed by atoms with E-state index in [1.165, 1.54) is 0 Å². The third kappa shape index (κ3) is 2.69. The van der Waals surface area contributed by atoms with Gasteiger partial charge in [-0.3, -0.25) is 19.3 Å². The van der Waals surface area contributed by atoms with E-state index in [-0.39, 0.29) is 18.4 Å². The molecule has 2 atom stereocenters. The van der Waals surface area contributed by atoms with Gasteiger partial charge >= 0.3 is 6.17 Å². The van der Waals surface area contributed by atoms with Gasteiger partial charge in [0.05, 0.1) is 6.42 Å². The fourth-order valence-electron chi connectivity index (χ4n) is 4.54. The summed E-state index contributed by atoms with van der Waals surface area (Å²) in [4.78, 5) is 31.4. The molecule has 0 unspecified atom stereocenters. The van der Waals surface area contributed by atoms with Crippen molar-refractivity contribution in [1.82, 2.24) is 4.90 Å². The maximum absolute atomic E-state index is 13.3. The molecule has 2 aliphatic heterocycles. The number of nitrogens with one attached hydrogen (secondary N) is 1. The number of likely N-dealkylation sites (tertiary alicyclic amines) is 1. The van der Waals surface area contributed by atoms with E-state index in [1.807, 2.05) is 66.7 Å². The van der Waals surface area contributed by atoms with Gasteiger partial charge in [0.15, 0.2) is 0 Å². The molecule has 2 heterocycles. The second-order valence-corrected chi connectivity index (χ2v) is 7.77. The normalized spacial score (nSPS) is 21.9. The van der Waals surface area contributed by atoms with Crippen molar-refractivity contribution in [3.8, 4) is 11.1 Å². The Hall–Kier alpha value is -3.91. The van der Waals surface area contributed by atoms with Crippen LogP contribution in [0, 0.1) is 6.57 Å². The Bertz CT molecular complexity index is 1180. The molecule has 2 aliphatic rings. The number of benzene rings is 3. The van der Waals surface area contributed by atoms with E-state index in [9.17, 15) is 9.59 Å². The van der Waals surface area contributed by atoms with E-state index in [0.717, 1.165) is 22.4 Å². The predicted octanol–water partition coefficient (Wildman–Crippen LogP) is 4.33. The lowest BCUT2D eigenvalue weighted by atomic mass is 9.80. The summed E-state index contributed by atoms with van der Waals surface area (Å²) in [5.74, 6) is -0.350. The molecule has 3 aromatic rings. The van der Waals surface area contributed by atoms with Crippen LogP contribution in [0.3, 0.4) is 0 Å². The Balaban J connectivity index is 1.45. The third-order valence-electron chi connectivity index (χ3n) is 6.11. The Kier molecular flexibility index (Phi) is 4.14. The zero-order chi connectivity index (χ0) is 20.7. The van der Waals surface area contributed by atoms with E-state index in [2.05, 4.69) is 10.2 Å². The molecule has 1 saturated heterocycles. The first-order valence-corrected chi connectivity index (χ1v) is 9.86. The molecule has 5 rings (SSSR count). The highest BCUT2D eigenvalue weighted by Gasteiger charge is 2.58. The number of anilines is 1. The van der Waals surface area contributed by atoms with Gasteiger partial charge in [-0.1, -0.05) is 60.7 Å². The monoisotopic (exact) mass is 393 g/mol. The first-order chi connectivity index (χ1) is 14.6. The summed E-state index contributed by atoms with van der Waals surface area (Å²) < 4.78 is 0. The SMILES string of the molecule is [C-]#[N+][C@@H]1C[C@@]2(CN1C(=O)c1ccc(-c3ccccc3)cc1)C(=O)Nc1ccccc12. The second-order valence-electron chi connectivity index (χ2n) is 7.77. The number of carbonyl (C=O) groups is 2. The molecular weight excluding hydrogens is 374 g/mol. The highest BCUT2D eigenvalue weighted by Crippen LogP contribution is 2.46. The molecule has 146 valence electrons. The van der Waals surface area contributed by atoms with E-state index >= 15 is 0 Å². The second kappa shape index (κ2) is 6.85. The van der Waals surface area contributed by atoms with E-state index in [4.69, 9.17) is 6.57 Å². The lowest BCUT2D eigenvalue weighted by Gasteiger charge is -2.21. The molecule has 5 nitrogen and oxygen atoms in total. The summed E-state index contributed by atoms with van der Waals surface area (Å²) in [6.45, 7) is 7.84. The van der Waals surface area contributed by atoms with Crippen LogP contribution in [-0.4, -0.2) is 29.4 Å². The molecule has 0 bridgehead atoms. The van der Waals surface area contributed by atoms with Crippen LogP contribution in [0.25, 0.3) is 16.0 Å². The number of nitrogens with zero attached hydrogens (tertiary/aromatic N) is 2. The molecule has 5 heteroatoms. The van der Waals surface area contributed by atoms with E-state index in [0.29, 0.717) is 12.0 Å². The molecule has 3 aromatic carbocycles. The van der Waals surface area contributed by atoms with Gasteiger partial charge in [-0.25, -0.2) is 6.57 Å². The van der Waals surface area contributed by atoms with Crippen molar-refractivity contribution >= 4 is 17.5 Å². The number of amides is 2. The molecule has 0 saturated carbocycles. The van der Waals surface area contributed by atoms with Crippen LogP contribution in [0.2, 0.25) is 0 Å². The summed E-state index contributed by atoms with van der Waals surface area (Å²) in [5.41, 5.74) is 3.41. The van der Waals surface area contributed by atoms with Crippen molar-refractivity contribution in [2.45, 2.75) is 18.0 Å². The number of carbonyl (C=O) groups excluding carboxylic acids is 2. The molecule has 0 aromatic heterocycles. The molecule has 30 heavy (non-hydrogen) atoms. The number of para-hydroxylation sites is 1. The van der Waals surface area contributed by atoms with Crippen LogP contribution in [0.1, 0.15) is 22.3 Å². The molecule has 0 radical (unpaired) electrons. The zero-order valence-electron chi connectivity index (χ0n) is 16.2. The molecule has 1 fully saturated rings. The van der Waals surface area contributed by atoms with Crippen LogP contribution in [0.4, 0.5) is 5.69 Å². The van der Waals surface area contributed by atoms with E-state index < -0.39 is 11.6 Å². The van der Waals surface area contributed by atoms with Crippen LogP contribution < -0.4 is 5.32 Å². The summed E-state index contributed by atoms with van der Waals surface area (Å²) in [5, 5.41) is 2.92. The van der Waals surface area contributed by atoms with Crippen LogP contribution >= 0.6 is 0 Å². The average Bonchev–Trinajstić information content (AvgIpc) is 3.32. The van der Waals surface area contributed by atoms with Crippen molar-refractivity contribution in [3.63, 3.8) is 0 Å². The van der Waals surface area contributed by atoms with Crippen molar-refractivity contribution in [3.05, 3.63) is 101 Å². The van der Waals surface area contributed by atoms with Gasteiger partial charge in [-0.2, -0.15) is 0 Å².